The fraction of sp³-hybridized carbons (Fsp3) is 0.160. The van der Waals surface area contributed by atoms with E-state index in [0.717, 1.165) is 22.0 Å². The number of carbonyl (C=O) groups excluding carboxylic acids is 1. The van der Waals surface area contributed by atoms with Gasteiger partial charge in [-0.2, -0.15) is 0 Å². The van der Waals surface area contributed by atoms with Gasteiger partial charge in [0, 0.05) is 35.1 Å². The van der Waals surface area contributed by atoms with Crippen molar-refractivity contribution in [2.24, 2.45) is 0 Å². The SMILES string of the molecule is COC(=O)[C@@H](Cc1c[nH]c2ccccc12)NCc1ccc(Oc2cccc(Cl)c2)cc1. The molecule has 4 rings (SSSR count). The number of H-pyrrole nitrogens is 1. The summed E-state index contributed by atoms with van der Waals surface area (Å²) < 4.78 is 10.8. The Morgan fingerprint density at radius 2 is 1.84 bits per heavy atom. The normalized spacial score (nSPS) is 11.9. The zero-order valence-electron chi connectivity index (χ0n) is 17.1. The third-order valence-electron chi connectivity index (χ3n) is 5.09. The molecule has 0 radical (unpaired) electrons. The molecular formula is C25H23ClN2O3. The van der Waals surface area contributed by atoms with Crippen molar-refractivity contribution in [3.8, 4) is 11.5 Å². The zero-order chi connectivity index (χ0) is 21.6. The fourth-order valence-electron chi connectivity index (χ4n) is 3.48. The summed E-state index contributed by atoms with van der Waals surface area (Å²) in [6.07, 6.45) is 2.48. The highest BCUT2D eigenvalue weighted by Crippen LogP contribution is 2.24. The number of hydrogen-bond donors (Lipinski definition) is 2. The van der Waals surface area contributed by atoms with Crippen LogP contribution in [0.1, 0.15) is 11.1 Å². The first kappa shape index (κ1) is 21.0. The molecule has 0 amide bonds. The quantitative estimate of drug-likeness (QED) is 0.360. The molecule has 0 unspecified atom stereocenters. The summed E-state index contributed by atoms with van der Waals surface area (Å²) in [4.78, 5) is 15.6. The number of rotatable bonds is 8. The largest absolute Gasteiger partial charge is 0.468 e. The van der Waals surface area contributed by atoms with Crippen molar-refractivity contribution >= 4 is 28.5 Å². The van der Waals surface area contributed by atoms with E-state index in [0.29, 0.717) is 29.5 Å². The molecule has 0 aliphatic carbocycles. The van der Waals surface area contributed by atoms with Crippen molar-refractivity contribution in [1.82, 2.24) is 10.3 Å². The van der Waals surface area contributed by atoms with Crippen molar-refractivity contribution < 1.29 is 14.3 Å². The Morgan fingerprint density at radius 3 is 2.61 bits per heavy atom. The first-order valence-electron chi connectivity index (χ1n) is 10.0. The lowest BCUT2D eigenvalue weighted by atomic mass is 10.0. The number of esters is 1. The van der Waals surface area contributed by atoms with Crippen LogP contribution in [0.15, 0.2) is 79.0 Å². The lowest BCUT2D eigenvalue weighted by molar-refractivity contribution is -0.143. The minimum Gasteiger partial charge on any atom is -0.468 e. The van der Waals surface area contributed by atoms with Gasteiger partial charge in [0.05, 0.1) is 7.11 Å². The first-order valence-corrected chi connectivity index (χ1v) is 10.4. The minimum atomic E-state index is -0.452. The van der Waals surface area contributed by atoms with Crippen LogP contribution >= 0.6 is 11.6 Å². The number of aromatic amines is 1. The molecule has 0 fully saturated rings. The third-order valence-corrected chi connectivity index (χ3v) is 5.33. The standard InChI is InChI=1S/C25H23ClN2O3/c1-30-25(29)24(13-18-16-28-23-8-3-2-7-22(18)23)27-15-17-9-11-20(12-10-17)31-21-6-4-5-19(26)14-21/h2-12,14,16,24,27-28H,13,15H2,1H3/t24-/m1/s1. The van der Waals surface area contributed by atoms with Crippen molar-refractivity contribution in [3.63, 3.8) is 0 Å². The van der Waals surface area contributed by atoms with Gasteiger partial charge in [-0.3, -0.25) is 4.79 Å². The molecule has 1 heterocycles. The molecule has 158 valence electrons. The average Bonchev–Trinajstić information content (AvgIpc) is 3.20. The fourth-order valence-corrected chi connectivity index (χ4v) is 3.66. The number of halogens is 1. The van der Waals surface area contributed by atoms with E-state index in [9.17, 15) is 4.79 Å². The minimum absolute atomic E-state index is 0.286. The molecule has 0 saturated carbocycles. The maximum Gasteiger partial charge on any atom is 0.323 e. The summed E-state index contributed by atoms with van der Waals surface area (Å²) in [5.41, 5.74) is 3.16. The lowest BCUT2D eigenvalue weighted by Gasteiger charge is -2.16. The smallest absolute Gasteiger partial charge is 0.323 e. The third kappa shape index (κ3) is 5.26. The first-order chi connectivity index (χ1) is 15.1. The molecule has 5 nitrogen and oxygen atoms in total. The van der Waals surface area contributed by atoms with Crippen LogP contribution in [-0.2, 0) is 22.5 Å². The molecule has 0 saturated heterocycles. The van der Waals surface area contributed by atoms with Gasteiger partial charge in [0.1, 0.15) is 17.5 Å². The maximum absolute atomic E-state index is 12.4. The number of methoxy groups -OCH3 is 1. The van der Waals surface area contributed by atoms with Crippen LogP contribution in [0, 0.1) is 0 Å². The van der Waals surface area contributed by atoms with Crippen LogP contribution in [0.5, 0.6) is 11.5 Å². The molecule has 0 aliphatic heterocycles. The van der Waals surface area contributed by atoms with Crippen LogP contribution < -0.4 is 10.1 Å². The van der Waals surface area contributed by atoms with E-state index in [-0.39, 0.29) is 5.97 Å². The number of ether oxygens (including phenoxy) is 2. The van der Waals surface area contributed by atoms with E-state index in [4.69, 9.17) is 21.1 Å². The number of para-hydroxylation sites is 1. The lowest BCUT2D eigenvalue weighted by Crippen LogP contribution is -2.39. The van der Waals surface area contributed by atoms with E-state index in [1.54, 1.807) is 12.1 Å². The summed E-state index contributed by atoms with van der Waals surface area (Å²) in [6, 6.07) is 22.6. The molecule has 4 aromatic rings. The second-order valence-corrected chi connectivity index (χ2v) is 7.66. The molecule has 0 spiro atoms. The predicted molar refractivity (Wildman–Crippen MR) is 123 cm³/mol. The zero-order valence-corrected chi connectivity index (χ0v) is 17.9. The maximum atomic E-state index is 12.4. The highest BCUT2D eigenvalue weighted by atomic mass is 35.5. The Hall–Kier alpha value is -3.28. The molecule has 1 aromatic heterocycles. The second-order valence-electron chi connectivity index (χ2n) is 7.22. The van der Waals surface area contributed by atoms with E-state index < -0.39 is 6.04 Å². The summed E-state index contributed by atoms with van der Waals surface area (Å²) >= 11 is 6.00. The summed E-state index contributed by atoms with van der Waals surface area (Å²) in [5, 5.41) is 5.06. The molecule has 0 bridgehead atoms. The summed E-state index contributed by atoms with van der Waals surface area (Å²) in [6.45, 7) is 0.527. The van der Waals surface area contributed by atoms with Crippen LogP contribution in [0.3, 0.4) is 0 Å². The summed E-state index contributed by atoms with van der Waals surface area (Å²) in [7, 11) is 1.41. The second kappa shape index (κ2) is 9.69. The van der Waals surface area contributed by atoms with Gasteiger partial charge < -0.3 is 19.8 Å². The molecular weight excluding hydrogens is 412 g/mol. The number of benzene rings is 3. The van der Waals surface area contributed by atoms with Gasteiger partial charge >= 0.3 is 5.97 Å². The number of aromatic nitrogens is 1. The molecule has 1 atom stereocenters. The van der Waals surface area contributed by atoms with Gasteiger partial charge in [-0.25, -0.2) is 0 Å². The number of carbonyl (C=O) groups is 1. The number of fused-ring (bicyclic) bond motifs is 1. The summed E-state index contributed by atoms with van der Waals surface area (Å²) in [5.74, 6) is 1.11. The van der Waals surface area contributed by atoms with Gasteiger partial charge in [0.25, 0.3) is 0 Å². The van der Waals surface area contributed by atoms with Crippen molar-refractivity contribution in [2.45, 2.75) is 19.0 Å². The van der Waals surface area contributed by atoms with Crippen LogP contribution in [0.2, 0.25) is 5.02 Å². The average molecular weight is 435 g/mol. The highest BCUT2D eigenvalue weighted by molar-refractivity contribution is 6.30. The molecule has 2 N–H and O–H groups in total. The van der Waals surface area contributed by atoms with Gasteiger partial charge in [-0.05, 0) is 47.5 Å². The van der Waals surface area contributed by atoms with Crippen molar-refractivity contribution in [3.05, 3.63) is 95.1 Å². The van der Waals surface area contributed by atoms with Crippen molar-refractivity contribution in [2.75, 3.05) is 7.11 Å². The van der Waals surface area contributed by atoms with Gasteiger partial charge in [-0.15, -0.1) is 0 Å². The Labute approximate surface area is 186 Å². The number of hydrogen-bond acceptors (Lipinski definition) is 4. The van der Waals surface area contributed by atoms with E-state index >= 15 is 0 Å². The van der Waals surface area contributed by atoms with Crippen LogP contribution in [-0.4, -0.2) is 24.1 Å². The number of nitrogens with one attached hydrogen (secondary N) is 2. The van der Waals surface area contributed by atoms with Gasteiger partial charge in [0.2, 0.25) is 0 Å². The van der Waals surface area contributed by atoms with E-state index in [2.05, 4.69) is 10.3 Å². The van der Waals surface area contributed by atoms with Crippen LogP contribution in [0.4, 0.5) is 0 Å². The predicted octanol–water partition coefficient (Wildman–Crippen LogP) is 5.49. The Kier molecular flexibility index (Phi) is 6.55. The topological polar surface area (TPSA) is 63.4 Å². The molecule has 6 heteroatoms. The van der Waals surface area contributed by atoms with Crippen LogP contribution in [0.25, 0.3) is 10.9 Å². The Balaban J connectivity index is 1.40. The highest BCUT2D eigenvalue weighted by Gasteiger charge is 2.20. The van der Waals surface area contributed by atoms with E-state index in [1.807, 2.05) is 66.9 Å². The Bertz CT molecular complexity index is 1170. The van der Waals surface area contributed by atoms with Gasteiger partial charge in [-0.1, -0.05) is 48.0 Å². The van der Waals surface area contributed by atoms with Gasteiger partial charge in [0.15, 0.2) is 0 Å². The molecule has 0 aliphatic rings. The molecule has 3 aromatic carbocycles. The monoisotopic (exact) mass is 434 g/mol. The van der Waals surface area contributed by atoms with E-state index in [1.165, 1.54) is 7.11 Å². The Morgan fingerprint density at radius 1 is 1.03 bits per heavy atom. The molecule has 31 heavy (non-hydrogen) atoms. The van der Waals surface area contributed by atoms with Crippen molar-refractivity contribution in [1.29, 1.82) is 0 Å².